The third kappa shape index (κ3) is 3.92. The minimum absolute atomic E-state index is 0.160. The summed E-state index contributed by atoms with van der Waals surface area (Å²) in [5.41, 5.74) is 0.858. The number of rotatable bonds is 4. The molecule has 3 aromatic carbocycles. The van der Waals surface area contributed by atoms with Crippen LogP contribution in [0.25, 0.3) is 16.0 Å². The molecular formula is C26H16ClN3O7S. The number of Topliss-reactive ketones (excluding diaryl/α,β-unsaturated/α-hetero) is 1. The molecule has 190 valence electrons. The molecule has 0 aliphatic carbocycles. The highest BCUT2D eigenvalue weighted by Crippen LogP contribution is 2.45. The normalized spacial score (nSPS) is 18.2. The Morgan fingerprint density at radius 2 is 1.79 bits per heavy atom. The van der Waals surface area contributed by atoms with Gasteiger partial charge in [0.2, 0.25) is 0 Å². The summed E-state index contributed by atoms with van der Waals surface area (Å²) in [5, 5.41) is 23.3. The van der Waals surface area contributed by atoms with Gasteiger partial charge in [0.25, 0.3) is 11.5 Å². The number of nitro groups is 1. The van der Waals surface area contributed by atoms with E-state index in [1.807, 2.05) is 0 Å². The maximum absolute atomic E-state index is 13.4. The van der Waals surface area contributed by atoms with Crippen LogP contribution in [0.1, 0.15) is 17.2 Å². The molecule has 38 heavy (non-hydrogen) atoms. The number of non-ortho nitro benzene ring substituents is 1. The number of halogens is 1. The second-order valence-corrected chi connectivity index (χ2v) is 9.93. The SMILES string of the molecule is O=C1C(=O)N(c2nc3ccc(Cl)cc3s2)C(c2ccc([N+](=O)[O-])cc2)/C1=C(/O)c1ccc2c(c1)OCCO2. The van der Waals surface area contributed by atoms with Gasteiger partial charge in [-0.05, 0) is 54.1 Å². The van der Waals surface area contributed by atoms with Gasteiger partial charge in [-0.2, -0.15) is 0 Å². The third-order valence-corrected chi connectivity index (χ3v) is 7.48. The molecule has 6 rings (SSSR count). The van der Waals surface area contributed by atoms with Crippen molar-refractivity contribution in [3.63, 3.8) is 0 Å². The fourth-order valence-electron chi connectivity index (χ4n) is 4.46. The zero-order chi connectivity index (χ0) is 26.6. The van der Waals surface area contributed by atoms with E-state index in [0.717, 1.165) is 11.3 Å². The van der Waals surface area contributed by atoms with Crippen LogP contribution in [-0.2, 0) is 9.59 Å². The molecule has 0 spiro atoms. The molecule has 1 N–H and O–H groups in total. The molecule has 1 saturated heterocycles. The van der Waals surface area contributed by atoms with E-state index in [9.17, 15) is 24.8 Å². The van der Waals surface area contributed by atoms with E-state index in [4.69, 9.17) is 21.1 Å². The molecule has 1 unspecified atom stereocenters. The lowest BCUT2D eigenvalue weighted by molar-refractivity contribution is -0.384. The van der Waals surface area contributed by atoms with Crippen LogP contribution in [0.5, 0.6) is 11.5 Å². The first-order chi connectivity index (χ1) is 18.3. The highest BCUT2D eigenvalue weighted by molar-refractivity contribution is 7.22. The van der Waals surface area contributed by atoms with Crippen molar-refractivity contribution in [2.24, 2.45) is 0 Å². The number of amides is 1. The maximum atomic E-state index is 13.4. The van der Waals surface area contributed by atoms with Gasteiger partial charge in [0.15, 0.2) is 16.6 Å². The van der Waals surface area contributed by atoms with Gasteiger partial charge >= 0.3 is 5.91 Å². The summed E-state index contributed by atoms with van der Waals surface area (Å²) in [6.07, 6.45) is 0. The van der Waals surface area contributed by atoms with Crippen molar-refractivity contribution in [2.45, 2.75) is 6.04 Å². The number of ketones is 1. The van der Waals surface area contributed by atoms with Crippen LogP contribution in [0.4, 0.5) is 10.8 Å². The maximum Gasteiger partial charge on any atom is 0.301 e. The molecule has 1 fully saturated rings. The standard InChI is InChI=1S/C26H16ClN3O7S/c27-15-4-7-17-20(12-15)38-26(28-17)29-22(13-1-5-16(6-2-13)30(34)35)21(24(32)25(29)33)23(31)14-3-8-18-19(11-14)37-10-9-36-18/h1-8,11-12,22,31H,9-10H2/b23-21-. The fourth-order valence-corrected chi connectivity index (χ4v) is 5.73. The number of carbonyl (C=O) groups excluding carboxylic acids is 2. The number of aliphatic hydroxyl groups excluding tert-OH is 1. The number of nitro benzene ring substituents is 1. The number of fused-ring (bicyclic) bond motifs is 2. The van der Waals surface area contributed by atoms with Crippen molar-refractivity contribution in [1.29, 1.82) is 0 Å². The molecular weight excluding hydrogens is 534 g/mol. The van der Waals surface area contributed by atoms with Gasteiger partial charge in [0.1, 0.15) is 19.0 Å². The van der Waals surface area contributed by atoms with E-state index < -0.39 is 28.4 Å². The molecule has 0 radical (unpaired) electrons. The molecule has 12 heteroatoms. The summed E-state index contributed by atoms with van der Waals surface area (Å²) in [4.78, 5) is 43.2. The number of anilines is 1. The van der Waals surface area contributed by atoms with E-state index in [1.165, 1.54) is 35.2 Å². The van der Waals surface area contributed by atoms with E-state index >= 15 is 0 Å². The highest BCUT2D eigenvalue weighted by Gasteiger charge is 2.48. The van der Waals surface area contributed by atoms with Crippen molar-refractivity contribution in [3.05, 3.63) is 92.5 Å². The van der Waals surface area contributed by atoms with Crippen molar-refractivity contribution in [1.82, 2.24) is 4.98 Å². The average molecular weight is 550 g/mol. The van der Waals surface area contributed by atoms with E-state index in [-0.39, 0.29) is 22.0 Å². The first kappa shape index (κ1) is 23.9. The Morgan fingerprint density at radius 1 is 1.05 bits per heavy atom. The summed E-state index contributed by atoms with van der Waals surface area (Å²) in [5.74, 6) is -1.34. The number of carbonyl (C=O) groups is 2. The highest BCUT2D eigenvalue weighted by atomic mass is 35.5. The van der Waals surface area contributed by atoms with Gasteiger partial charge in [-0.1, -0.05) is 22.9 Å². The van der Waals surface area contributed by atoms with Crippen LogP contribution in [0.15, 0.2) is 66.2 Å². The minimum atomic E-state index is -1.10. The smallest absolute Gasteiger partial charge is 0.301 e. The summed E-state index contributed by atoms with van der Waals surface area (Å²) in [7, 11) is 0. The van der Waals surface area contributed by atoms with Crippen LogP contribution < -0.4 is 14.4 Å². The Morgan fingerprint density at radius 3 is 2.53 bits per heavy atom. The Kier molecular flexibility index (Phi) is 5.73. The summed E-state index contributed by atoms with van der Waals surface area (Å²) in [6.45, 7) is 0.711. The van der Waals surface area contributed by atoms with Gasteiger partial charge in [0.05, 0.1) is 26.8 Å². The van der Waals surface area contributed by atoms with Gasteiger partial charge in [-0.25, -0.2) is 4.98 Å². The van der Waals surface area contributed by atoms with Crippen LogP contribution in [0.2, 0.25) is 5.02 Å². The fraction of sp³-hybridized carbons (Fsp3) is 0.115. The Bertz CT molecular complexity index is 1680. The number of hydrogen-bond donors (Lipinski definition) is 1. The molecule has 1 atom stereocenters. The molecule has 0 bridgehead atoms. The zero-order valence-electron chi connectivity index (χ0n) is 19.3. The molecule has 10 nitrogen and oxygen atoms in total. The van der Waals surface area contributed by atoms with E-state index in [0.29, 0.717) is 45.5 Å². The van der Waals surface area contributed by atoms with Gasteiger partial charge in [-0.3, -0.25) is 24.6 Å². The minimum Gasteiger partial charge on any atom is -0.507 e. The topological polar surface area (TPSA) is 132 Å². The average Bonchev–Trinajstić information content (AvgIpc) is 3.45. The zero-order valence-corrected chi connectivity index (χ0v) is 20.9. The lowest BCUT2D eigenvalue weighted by Gasteiger charge is -2.23. The van der Waals surface area contributed by atoms with Gasteiger partial charge in [0, 0.05) is 22.7 Å². The number of ether oxygens (including phenoxy) is 2. The molecule has 1 aromatic heterocycles. The van der Waals surface area contributed by atoms with Crippen molar-refractivity contribution in [2.75, 3.05) is 18.1 Å². The van der Waals surface area contributed by atoms with Crippen molar-refractivity contribution >= 4 is 61.4 Å². The van der Waals surface area contributed by atoms with Crippen LogP contribution in [0.3, 0.4) is 0 Å². The number of benzene rings is 3. The lowest BCUT2D eigenvalue weighted by atomic mass is 9.95. The molecule has 2 aliphatic rings. The summed E-state index contributed by atoms with van der Waals surface area (Å²) in [6, 6.07) is 14.1. The van der Waals surface area contributed by atoms with Gasteiger partial charge < -0.3 is 14.6 Å². The first-order valence-corrected chi connectivity index (χ1v) is 12.5. The second-order valence-electron chi connectivity index (χ2n) is 8.48. The molecule has 4 aromatic rings. The van der Waals surface area contributed by atoms with Crippen LogP contribution in [0, 0.1) is 10.1 Å². The quantitative estimate of drug-likeness (QED) is 0.120. The van der Waals surface area contributed by atoms with Crippen molar-refractivity contribution in [3.8, 4) is 11.5 Å². The Balaban J connectivity index is 1.53. The first-order valence-electron chi connectivity index (χ1n) is 11.3. The van der Waals surface area contributed by atoms with Crippen molar-refractivity contribution < 1.29 is 29.1 Å². The van der Waals surface area contributed by atoms with Crippen LogP contribution in [-0.4, -0.2) is 39.9 Å². The van der Waals surface area contributed by atoms with E-state index in [1.54, 1.807) is 30.3 Å². The van der Waals surface area contributed by atoms with Gasteiger partial charge in [-0.15, -0.1) is 0 Å². The second kappa shape index (κ2) is 9.12. The lowest BCUT2D eigenvalue weighted by Crippen LogP contribution is -2.29. The largest absolute Gasteiger partial charge is 0.507 e. The molecule has 2 aliphatic heterocycles. The summed E-state index contributed by atoms with van der Waals surface area (Å²) >= 11 is 7.27. The molecule has 3 heterocycles. The van der Waals surface area contributed by atoms with E-state index in [2.05, 4.69) is 4.98 Å². The molecule has 1 amide bonds. The van der Waals surface area contributed by atoms with Crippen LogP contribution >= 0.6 is 22.9 Å². The number of nitrogens with zero attached hydrogens (tertiary/aromatic N) is 3. The number of aliphatic hydroxyl groups is 1. The summed E-state index contributed by atoms with van der Waals surface area (Å²) < 4.78 is 11.8. The third-order valence-electron chi connectivity index (χ3n) is 6.22. The number of thiazole rings is 1. The molecule has 0 saturated carbocycles. The Hall–Kier alpha value is -4.48. The predicted octanol–water partition coefficient (Wildman–Crippen LogP) is 5.26. The Labute approximate surface area is 223 Å². The predicted molar refractivity (Wildman–Crippen MR) is 140 cm³/mol. The number of aromatic nitrogens is 1. The number of hydrogen-bond acceptors (Lipinski definition) is 9. The monoisotopic (exact) mass is 549 g/mol.